The Bertz CT molecular complexity index is 198. The number of carbonyl (C=O) groups excluding carboxylic acids is 1. The zero-order chi connectivity index (χ0) is 11.1. The molecule has 1 amide bonds. The van der Waals surface area contributed by atoms with Crippen LogP contribution in [0.2, 0.25) is 0 Å². The van der Waals surface area contributed by atoms with Crippen LogP contribution in [-0.2, 0) is 4.79 Å². The molecule has 1 aliphatic rings. The molecule has 0 atom stereocenters. The Morgan fingerprint density at radius 1 is 1.33 bits per heavy atom. The SMILES string of the molecule is CCCCNC(=O)CC1(O)CCCCC1. The third kappa shape index (κ3) is 4.65. The summed E-state index contributed by atoms with van der Waals surface area (Å²) in [6.45, 7) is 2.84. The van der Waals surface area contributed by atoms with Crippen LogP contribution in [-0.4, -0.2) is 23.2 Å². The molecule has 0 aromatic carbocycles. The lowest BCUT2D eigenvalue weighted by Crippen LogP contribution is -2.38. The number of hydrogen-bond acceptors (Lipinski definition) is 2. The monoisotopic (exact) mass is 213 g/mol. The molecule has 88 valence electrons. The van der Waals surface area contributed by atoms with Gasteiger partial charge in [-0.3, -0.25) is 4.79 Å². The molecule has 0 aromatic heterocycles. The van der Waals surface area contributed by atoms with Crippen LogP contribution in [0.3, 0.4) is 0 Å². The Balaban J connectivity index is 2.23. The number of nitrogens with one attached hydrogen (secondary N) is 1. The van der Waals surface area contributed by atoms with Crippen molar-refractivity contribution in [2.75, 3.05) is 6.54 Å². The molecule has 2 N–H and O–H groups in total. The molecule has 3 heteroatoms. The summed E-state index contributed by atoms with van der Waals surface area (Å²) < 4.78 is 0. The van der Waals surface area contributed by atoms with Crippen LogP contribution < -0.4 is 5.32 Å². The second kappa shape index (κ2) is 6.11. The Morgan fingerprint density at radius 3 is 2.60 bits per heavy atom. The fourth-order valence-electron chi connectivity index (χ4n) is 2.15. The van der Waals surface area contributed by atoms with Crippen LogP contribution in [0.15, 0.2) is 0 Å². The van der Waals surface area contributed by atoms with Gasteiger partial charge in [0.25, 0.3) is 0 Å². The highest BCUT2D eigenvalue weighted by atomic mass is 16.3. The fourth-order valence-corrected chi connectivity index (χ4v) is 2.15. The minimum Gasteiger partial charge on any atom is -0.389 e. The maximum Gasteiger partial charge on any atom is 0.222 e. The van der Waals surface area contributed by atoms with E-state index in [1.165, 1.54) is 6.42 Å². The summed E-state index contributed by atoms with van der Waals surface area (Å²) in [7, 11) is 0. The van der Waals surface area contributed by atoms with Crippen molar-refractivity contribution in [3.63, 3.8) is 0 Å². The van der Waals surface area contributed by atoms with E-state index in [9.17, 15) is 9.90 Å². The predicted molar refractivity (Wildman–Crippen MR) is 60.6 cm³/mol. The van der Waals surface area contributed by atoms with Crippen LogP contribution in [0.1, 0.15) is 58.3 Å². The molecule has 0 unspecified atom stereocenters. The molecule has 0 aliphatic heterocycles. The van der Waals surface area contributed by atoms with Crippen molar-refractivity contribution in [3.8, 4) is 0 Å². The van der Waals surface area contributed by atoms with Crippen molar-refractivity contribution in [3.05, 3.63) is 0 Å². The van der Waals surface area contributed by atoms with E-state index in [-0.39, 0.29) is 12.3 Å². The van der Waals surface area contributed by atoms with E-state index in [1.54, 1.807) is 0 Å². The number of amides is 1. The van der Waals surface area contributed by atoms with Crippen molar-refractivity contribution in [1.82, 2.24) is 5.32 Å². The fraction of sp³-hybridized carbons (Fsp3) is 0.917. The van der Waals surface area contributed by atoms with Crippen molar-refractivity contribution in [1.29, 1.82) is 0 Å². The summed E-state index contributed by atoms with van der Waals surface area (Å²) in [6.07, 6.45) is 7.27. The third-order valence-corrected chi connectivity index (χ3v) is 3.13. The minimum absolute atomic E-state index is 0.00727. The molecular weight excluding hydrogens is 190 g/mol. The minimum atomic E-state index is -0.714. The number of unbranched alkanes of at least 4 members (excludes halogenated alkanes) is 1. The molecule has 1 aliphatic carbocycles. The van der Waals surface area contributed by atoms with Gasteiger partial charge in [0, 0.05) is 6.54 Å². The van der Waals surface area contributed by atoms with Crippen molar-refractivity contribution in [2.24, 2.45) is 0 Å². The summed E-state index contributed by atoms with van der Waals surface area (Å²) in [5, 5.41) is 13.0. The smallest absolute Gasteiger partial charge is 0.222 e. The standard InChI is InChI=1S/C12H23NO2/c1-2-3-9-13-11(14)10-12(15)7-5-4-6-8-12/h15H,2-10H2,1H3,(H,13,14). The van der Waals surface area contributed by atoms with Gasteiger partial charge in [0.1, 0.15) is 0 Å². The first-order valence-corrected chi connectivity index (χ1v) is 6.15. The van der Waals surface area contributed by atoms with Gasteiger partial charge >= 0.3 is 0 Å². The highest BCUT2D eigenvalue weighted by Gasteiger charge is 2.31. The first kappa shape index (κ1) is 12.5. The van der Waals surface area contributed by atoms with Gasteiger partial charge in [-0.15, -0.1) is 0 Å². The Labute approximate surface area is 92.3 Å². The van der Waals surface area contributed by atoms with Gasteiger partial charge in [-0.2, -0.15) is 0 Å². The molecule has 1 rings (SSSR count). The summed E-state index contributed by atoms with van der Waals surface area (Å²) in [6, 6.07) is 0. The molecule has 0 radical (unpaired) electrons. The molecule has 1 fully saturated rings. The highest BCUT2D eigenvalue weighted by Crippen LogP contribution is 2.30. The normalized spacial score (nSPS) is 19.9. The molecule has 15 heavy (non-hydrogen) atoms. The van der Waals surface area contributed by atoms with E-state index in [0.29, 0.717) is 0 Å². The van der Waals surface area contributed by atoms with Gasteiger partial charge < -0.3 is 10.4 Å². The lowest BCUT2D eigenvalue weighted by molar-refractivity contribution is -0.127. The van der Waals surface area contributed by atoms with Gasteiger partial charge in [-0.1, -0.05) is 32.6 Å². The van der Waals surface area contributed by atoms with Gasteiger partial charge in [0.05, 0.1) is 12.0 Å². The van der Waals surface area contributed by atoms with E-state index in [0.717, 1.165) is 45.1 Å². The Morgan fingerprint density at radius 2 is 2.00 bits per heavy atom. The summed E-state index contributed by atoms with van der Waals surface area (Å²) >= 11 is 0. The molecule has 0 aromatic rings. The molecule has 0 spiro atoms. The van der Waals surface area contributed by atoms with Crippen LogP contribution in [0.4, 0.5) is 0 Å². The van der Waals surface area contributed by atoms with E-state index in [2.05, 4.69) is 12.2 Å². The maximum atomic E-state index is 11.5. The maximum absolute atomic E-state index is 11.5. The van der Waals surface area contributed by atoms with Gasteiger partial charge in [-0.25, -0.2) is 0 Å². The average Bonchev–Trinajstić information content (AvgIpc) is 2.18. The van der Waals surface area contributed by atoms with E-state index >= 15 is 0 Å². The van der Waals surface area contributed by atoms with Gasteiger partial charge in [-0.05, 0) is 19.3 Å². The van der Waals surface area contributed by atoms with E-state index in [4.69, 9.17) is 0 Å². The molecule has 1 saturated carbocycles. The van der Waals surface area contributed by atoms with Gasteiger partial charge in [0.2, 0.25) is 5.91 Å². The van der Waals surface area contributed by atoms with Crippen LogP contribution in [0.25, 0.3) is 0 Å². The highest BCUT2D eigenvalue weighted by molar-refractivity contribution is 5.76. The van der Waals surface area contributed by atoms with Crippen LogP contribution >= 0.6 is 0 Å². The topological polar surface area (TPSA) is 49.3 Å². The predicted octanol–water partition coefficient (Wildman–Crippen LogP) is 1.99. The Kier molecular flexibility index (Phi) is 5.09. The van der Waals surface area contributed by atoms with E-state index < -0.39 is 5.60 Å². The summed E-state index contributed by atoms with van der Waals surface area (Å²) in [5.41, 5.74) is -0.714. The van der Waals surface area contributed by atoms with Crippen molar-refractivity contribution in [2.45, 2.75) is 63.9 Å². The second-order valence-electron chi connectivity index (χ2n) is 4.67. The van der Waals surface area contributed by atoms with Crippen LogP contribution in [0.5, 0.6) is 0 Å². The quantitative estimate of drug-likeness (QED) is 0.686. The first-order valence-electron chi connectivity index (χ1n) is 6.15. The largest absolute Gasteiger partial charge is 0.389 e. The first-order chi connectivity index (χ1) is 7.16. The molecule has 0 heterocycles. The lowest BCUT2D eigenvalue weighted by Gasteiger charge is -2.31. The van der Waals surface area contributed by atoms with Crippen molar-refractivity contribution >= 4 is 5.91 Å². The number of hydrogen-bond donors (Lipinski definition) is 2. The molecular formula is C12H23NO2. The number of aliphatic hydroxyl groups is 1. The molecule has 0 bridgehead atoms. The number of carbonyl (C=O) groups is 1. The van der Waals surface area contributed by atoms with Crippen LogP contribution in [0, 0.1) is 0 Å². The van der Waals surface area contributed by atoms with Crippen molar-refractivity contribution < 1.29 is 9.90 Å². The Hall–Kier alpha value is -0.570. The summed E-state index contributed by atoms with van der Waals surface area (Å²) in [4.78, 5) is 11.5. The molecule has 0 saturated heterocycles. The molecule has 3 nitrogen and oxygen atoms in total. The lowest BCUT2D eigenvalue weighted by atomic mass is 9.82. The van der Waals surface area contributed by atoms with E-state index in [1.807, 2.05) is 0 Å². The number of rotatable bonds is 5. The third-order valence-electron chi connectivity index (χ3n) is 3.13. The zero-order valence-electron chi connectivity index (χ0n) is 9.72. The zero-order valence-corrected chi connectivity index (χ0v) is 9.72. The van der Waals surface area contributed by atoms with Gasteiger partial charge in [0.15, 0.2) is 0 Å². The second-order valence-corrected chi connectivity index (χ2v) is 4.67. The average molecular weight is 213 g/mol. The summed E-state index contributed by atoms with van der Waals surface area (Å²) in [5.74, 6) is 0.00727.